The van der Waals surface area contributed by atoms with Crippen LogP contribution in [0.5, 0.6) is 11.5 Å². The monoisotopic (exact) mass is 429 g/mol. The maximum atomic E-state index is 13.5. The predicted molar refractivity (Wildman–Crippen MR) is 109 cm³/mol. The predicted octanol–water partition coefficient (Wildman–Crippen LogP) is 1.93. The Bertz CT molecular complexity index is 1110. The van der Waals surface area contributed by atoms with Gasteiger partial charge in [-0.3, -0.25) is 0 Å². The topological polar surface area (TPSA) is 96.3 Å². The van der Waals surface area contributed by atoms with Crippen LogP contribution >= 0.6 is 0 Å². The average molecular weight is 429 g/mol. The number of sulfonamides is 1. The Hall–Kier alpha value is -2.39. The largest absolute Gasteiger partial charge is 0.454 e. The molecular weight excluding hydrogens is 406 g/mol. The van der Waals surface area contributed by atoms with Crippen LogP contribution in [0.25, 0.3) is 0 Å². The molecule has 7 nitrogen and oxygen atoms in total. The molecule has 0 radical (unpaired) electrons. The van der Waals surface area contributed by atoms with E-state index in [0.29, 0.717) is 11.5 Å². The fourth-order valence-corrected chi connectivity index (χ4v) is 6.15. The summed E-state index contributed by atoms with van der Waals surface area (Å²) < 4.78 is 39.2. The molecule has 0 aromatic heterocycles. The van der Waals surface area contributed by atoms with E-state index in [0.717, 1.165) is 16.7 Å². The van der Waals surface area contributed by atoms with Gasteiger partial charge in [0.05, 0.1) is 17.1 Å². The first kappa shape index (κ1) is 19.6. The van der Waals surface area contributed by atoms with Crippen LogP contribution in [0.3, 0.4) is 0 Å². The van der Waals surface area contributed by atoms with Crippen molar-refractivity contribution >= 4 is 10.0 Å². The van der Waals surface area contributed by atoms with Crippen molar-refractivity contribution in [3.8, 4) is 11.5 Å². The molecule has 0 unspecified atom stereocenters. The SMILES string of the molecule is Cc1ccc(S(=O)(=O)N2C[C@@H](c3ccc4c(c3)OCO4)C3=C[C@H](O)[C@H](O)C[C@@H]32)cc1. The molecular formula is C22H23NO6S. The van der Waals surface area contributed by atoms with Gasteiger partial charge in [0.1, 0.15) is 0 Å². The Morgan fingerprint density at radius 1 is 1.03 bits per heavy atom. The Morgan fingerprint density at radius 3 is 2.53 bits per heavy atom. The molecule has 2 heterocycles. The molecule has 1 saturated heterocycles. The van der Waals surface area contributed by atoms with Crippen LogP contribution in [0, 0.1) is 6.92 Å². The molecule has 30 heavy (non-hydrogen) atoms. The minimum atomic E-state index is -3.78. The van der Waals surface area contributed by atoms with E-state index in [4.69, 9.17) is 9.47 Å². The molecule has 3 aliphatic rings. The molecule has 0 spiro atoms. The van der Waals surface area contributed by atoms with Crippen molar-refractivity contribution in [3.63, 3.8) is 0 Å². The van der Waals surface area contributed by atoms with Gasteiger partial charge in [0, 0.05) is 18.5 Å². The lowest BCUT2D eigenvalue weighted by Gasteiger charge is -2.31. The third kappa shape index (κ3) is 3.11. The fourth-order valence-electron chi connectivity index (χ4n) is 4.51. The van der Waals surface area contributed by atoms with Crippen molar-refractivity contribution in [2.24, 2.45) is 0 Å². The number of ether oxygens (including phenoxy) is 2. The number of hydrogen-bond donors (Lipinski definition) is 2. The van der Waals surface area contributed by atoms with E-state index in [1.807, 2.05) is 25.1 Å². The lowest BCUT2D eigenvalue weighted by atomic mass is 9.83. The van der Waals surface area contributed by atoms with Gasteiger partial charge in [0.25, 0.3) is 0 Å². The zero-order valence-corrected chi connectivity index (χ0v) is 17.2. The molecule has 8 heteroatoms. The van der Waals surface area contributed by atoms with Crippen molar-refractivity contribution in [1.82, 2.24) is 4.31 Å². The van der Waals surface area contributed by atoms with Crippen molar-refractivity contribution in [3.05, 3.63) is 65.2 Å². The van der Waals surface area contributed by atoms with Gasteiger partial charge in [-0.2, -0.15) is 4.31 Å². The second-order valence-electron chi connectivity index (χ2n) is 8.03. The molecule has 1 aliphatic carbocycles. The highest BCUT2D eigenvalue weighted by molar-refractivity contribution is 7.89. The lowest BCUT2D eigenvalue weighted by molar-refractivity contribution is 0.0278. The maximum absolute atomic E-state index is 13.5. The zero-order valence-electron chi connectivity index (χ0n) is 16.4. The number of nitrogens with zero attached hydrogens (tertiary/aromatic N) is 1. The van der Waals surface area contributed by atoms with Gasteiger partial charge in [0.15, 0.2) is 11.5 Å². The molecule has 0 bridgehead atoms. The van der Waals surface area contributed by atoms with E-state index in [1.54, 1.807) is 30.3 Å². The molecule has 5 rings (SSSR count). The van der Waals surface area contributed by atoms with Crippen molar-refractivity contribution in [2.75, 3.05) is 13.3 Å². The fraction of sp³-hybridized carbons (Fsp3) is 0.364. The van der Waals surface area contributed by atoms with E-state index in [9.17, 15) is 18.6 Å². The van der Waals surface area contributed by atoms with Crippen LogP contribution < -0.4 is 9.47 Å². The summed E-state index contributed by atoms with van der Waals surface area (Å²) in [5.41, 5.74) is 2.67. The molecule has 2 aromatic carbocycles. The highest BCUT2D eigenvalue weighted by atomic mass is 32.2. The Labute approximate surface area is 175 Å². The number of fused-ring (bicyclic) bond motifs is 2. The molecule has 158 valence electrons. The minimum Gasteiger partial charge on any atom is -0.454 e. The Morgan fingerprint density at radius 2 is 1.77 bits per heavy atom. The maximum Gasteiger partial charge on any atom is 0.243 e. The zero-order chi connectivity index (χ0) is 21.0. The van der Waals surface area contributed by atoms with E-state index >= 15 is 0 Å². The van der Waals surface area contributed by atoms with Crippen LogP contribution in [0.4, 0.5) is 0 Å². The lowest BCUT2D eigenvalue weighted by Crippen LogP contribution is -2.42. The third-order valence-electron chi connectivity index (χ3n) is 6.15. The van der Waals surface area contributed by atoms with Gasteiger partial charge >= 0.3 is 0 Å². The summed E-state index contributed by atoms with van der Waals surface area (Å²) in [6.07, 6.45) is -0.266. The molecule has 2 aliphatic heterocycles. The first-order chi connectivity index (χ1) is 14.3. The number of rotatable bonds is 3. The van der Waals surface area contributed by atoms with Gasteiger partial charge in [-0.15, -0.1) is 0 Å². The van der Waals surface area contributed by atoms with Gasteiger partial charge in [-0.05, 0) is 48.7 Å². The number of benzene rings is 2. The van der Waals surface area contributed by atoms with Crippen LogP contribution in [-0.2, 0) is 10.0 Å². The molecule has 1 fully saturated rings. The second-order valence-corrected chi connectivity index (χ2v) is 9.92. The summed E-state index contributed by atoms with van der Waals surface area (Å²) in [6.45, 7) is 2.29. The average Bonchev–Trinajstić information content (AvgIpc) is 3.33. The van der Waals surface area contributed by atoms with Crippen LogP contribution in [0.15, 0.2) is 59.0 Å². The van der Waals surface area contributed by atoms with E-state index in [2.05, 4.69) is 0 Å². The Balaban J connectivity index is 1.57. The number of hydrogen-bond acceptors (Lipinski definition) is 6. The normalized spacial score (nSPS) is 28.3. The van der Waals surface area contributed by atoms with Crippen molar-refractivity contribution in [1.29, 1.82) is 0 Å². The van der Waals surface area contributed by atoms with E-state index in [-0.39, 0.29) is 30.6 Å². The van der Waals surface area contributed by atoms with Crippen molar-refractivity contribution < 1.29 is 28.1 Å². The number of aliphatic hydroxyl groups excluding tert-OH is 2. The summed E-state index contributed by atoms with van der Waals surface area (Å²) in [5.74, 6) is 1.04. The highest BCUT2D eigenvalue weighted by Gasteiger charge is 2.47. The van der Waals surface area contributed by atoms with E-state index < -0.39 is 28.3 Å². The first-order valence-corrected chi connectivity index (χ1v) is 11.3. The van der Waals surface area contributed by atoms with Gasteiger partial charge in [-0.25, -0.2) is 8.42 Å². The summed E-state index contributed by atoms with van der Waals surface area (Å²) in [4.78, 5) is 0.222. The second kappa shape index (κ2) is 7.09. The smallest absolute Gasteiger partial charge is 0.243 e. The van der Waals surface area contributed by atoms with Crippen LogP contribution in [-0.4, -0.2) is 54.5 Å². The standard InChI is InChI=1S/C22H23NO6S/c1-13-2-5-15(6-3-13)30(26,27)23-11-17(16-9-19(24)20(25)10-18(16)23)14-4-7-21-22(8-14)29-12-28-21/h2-9,17-20,24-25H,10-12H2,1H3/t17-,18-,19-,20+/m0/s1. The summed E-state index contributed by atoms with van der Waals surface area (Å²) in [6, 6.07) is 11.8. The van der Waals surface area contributed by atoms with Crippen molar-refractivity contribution in [2.45, 2.75) is 42.4 Å². The number of aliphatic hydroxyl groups is 2. The van der Waals surface area contributed by atoms with Crippen LogP contribution in [0.1, 0.15) is 23.5 Å². The van der Waals surface area contributed by atoms with Gasteiger partial charge in [-0.1, -0.05) is 29.8 Å². The molecule has 2 N–H and O–H groups in total. The molecule has 4 atom stereocenters. The summed E-state index contributed by atoms with van der Waals surface area (Å²) >= 11 is 0. The molecule has 0 saturated carbocycles. The van der Waals surface area contributed by atoms with Gasteiger partial charge in [0.2, 0.25) is 16.8 Å². The summed E-state index contributed by atoms with van der Waals surface area (Å²) in [7, 11) is -3.78. The molecule has 2 aromatic rings. The highest BCUT2D eigenvalue weighted by Crippen LogP contribution is 2.46. The third-order valence-corrected chi connectivity index (χ3v) is 8.03. The van der Waals surface area contributed by atoms with Crippen LogP contribution in [0.2, 0.25) is 0 Å². The van der Waals surface area contributed by atoms with Gasteiger partial charge < -0.3 is 19.7 Å². The number of aryl methyl sites for hydroxylation is 1. The summed E-state index contributed by atoms with van der Waals surface area (Å²) in [5, 5.41) is 20.5. The Kier molecular flexibility index (Phi) is 4.62. The molecule has 0 amide bonds. The quantitative estimate of drug-likeness (QED) is 0.724. The first-order valence-electron chi connectivity index (χ1n) is 9.90. The minimum absolute atomic E-state index is 0.152. The van der Waals surface area contributed by atoms with E-state index in [1.165, 1.54) is 4.31 Å².